The van der Waals surface area contributed by atoms with Gasteiger partial charge < -0.3 is 4.74 Å². The maximum Gasteiger partial charge on any atom is 0.282 e. The van der Waals surface area contributed by atoms with Crippen molar-refractivity contribution < 1.29 is 18.3 Å². The Morgan fingerprint density at radius 1 is 1.11 bits per heavy atom. The average molecular weight is 427 g/mol. The lowest BCUT2D eigenvalue weighted by molar-refractivity contribution is 0.0948. The normalized spacial score (nSPS) is 10.8. The highest BCUT2D eigenvalue weighted by molar-refractivity contribution is 6.34. The molecule has 0 atom stereocenters. The lowest BCUT2D eigenvalue weighted by atomic mass is 10.2. The van der Waals surface area contributed by atoms with E-state index in [0.29, 0.717) is 27.2 Å². The van der Waals surface area contributed by atoms with Gasteiger partial charge in [0.1, 0.15) is 17.2 Å². The maximum atomic E-state index is 12.9. The molecule has 28 heavy (non-hydrogen) atoms. The van der Waals surface area contributed by atoms with E-state index in [2.05, 4.69) is 16.0 Å². The summed E-state index contributed by atoms with van der Waals surface area (Å²) in [5.41, 5.74) is 4.74. The Kier molecular flexibility index (Phi) is 6.01. The number of carbonyl (C=O) groups is 1. The first-order valence-electron chi connectivity index (χ1n) is 7.94. The number of carbonyl (C=O) groups excluding carboxylic acids is 1. The number of hydrogen-bond donors (Lipinski definition) is 2. The molecule has 0 radical (unpaired) electrons. The molecule has 0 saturated carbocycles. The largest absolute Gasteiger partial charge is 0.457 e. The standard InChI is InChI=1S/C18H14Cl2F2N4O2/c1-26-9-15(16(25-26)17(21)22)18(27)24-23-12-2-4-13(5-3-12)28-14-7-10(19)6-11(20)8-14/h2-9,17,23H,1H3,(H,24,27). The lowest BCUT2D eigenvalue weighted by Gasteiger charge is -2.10. The molecule has 146 valence electrons. The number of hydrogen-bond acceptors (Lipinski definition) is 4. The van der Waals surface area contributed by atoms with Crippen LogP contribution < -0.4 is 15.6 Å². The lowest BCUT2D eigenvalue weighted by Crippen LogP contribution is -2.29. The van der Waals surface area contributed by atoms with Crippen molar-refractivity contribution in [3.63, 3.8) is 0 Å². The van der Waals surface area contributed by atoms with Gasteiger partial charge in [0, 0.05) is 23.3 Å². The molecule has 0 aliphatic rings. The quantitative estimate of drug-likeness (QED) is 0.530. The highest BCUT2D eigenvalue weighted by Gasteiger charge is 2.22. The third kappa shape index (κ3) is 4.90. The van der Waals surface area contributed by atoms with E-state index in [1.165, 1.54) is 13.2 Å². The summed E-state index contributed by atoms with van der Waals surface area (Å²) in [6.45, 7) is 0. The van der Waals surface area contributed by atoms with Gasteiger partial charge in [-0.2, -0.15) is 5.10 Å². The first-order valence-corrected chi connectivity index (χ1v) is 8.69. The number of benzene rings is 2. The monoisotopic (exact) mass is 426 g/mol. The van der Waals surface area contributed by atoms with E-state index in [4.69, 9.17) is 27.9 Å². The van der Waals surface area contributed by atoms with Gasteiger partial charge in [0.15, 0.2) is 0 Å². The van der Waals surface area contributed by atoms with E-state index in [-0.39, 0.29) is 5.56 Å². The summed E-state index contributed by atoms with van der Waals surface area (Å²) in [7, 11) is 1.46. The number of halogens is 4. The Bertz CT molecular complexity index is 974. The molecular formula is C18H14Cl2F2N4O2. The highest BCUT2D eigenvalue weighted by Crippen LogP contribution is 2.29. The molecule has 10 heteroatoms. The number of anilines is 1. The Balaban J connectivity index is 1.62. The second kappa shape index (κ2) is 8.45. The zero-order chi connectivity index (χ0) is 20.3. The van der Waals surface area contributed by atoms with Crippen LogP contribution in [0.1, 0.15) is 22.5 Å². The summed E-state index contributed by atoms with van der Waals surface area (Å²) >= 11 is 11.9. The topological polar surface area (TPSA) is 68.2 Å². The molecule has 0 aliphatic heterocycles. The number of aromatic nitrogens is 2. The SMILES string of the molecule is Cn1cc(C(=O)NNc2ccc(Oc3cc(Cl)cc(Cl)c3)cc2)c(C(F)F)n1. The third-order valence-corrected chi connectivity index (χ3v) is 3.99. The fourth-order valence-corrected chi connectivity index (χ4v) is 2.87. The van der Waals surface area contributed by atoms with Gasteiger partial charge in [0.05, 0.1) is 11.3 Å². The van der Waals surface area contributed by atoms with E-state index in [1.54, 1.807) is 42.5 Å². The Labute approximate surface area is 169 Å². The molecule has 2 aromatic carbocycles. The van der Waals surface area contributed by atoms with Crippen molar-refractivity contribution >= 4 is 34.8 Å². The second-order valence-corrected chi connectivity index (χ2v) is 6.59. The minimum absolute atomic E-state index is 0.206. The number of nitrogens with zero attached hydrogens (tertiary/aromatic N) is 2. The van der Waals surface area contributed by atoms with Crippen LogP contribution in [0, 0.1) is 0 Å². The third-order valence-electron chi connectivity index (χ3n) is 3.56. The summed E-state index contributed by atoms with van der Waals surface area (Å²) in [6.07, 6.45) is -1.62. The van der Waals surface area contributed by atoms with Gasteiger partial charge in [-0.3, -0.25) is 20.3 Å². The molecule has 1 heterocycles. The van der Waals surface area contributed by atoms with Gasteiger partial charge in [0.25, 0.3) is 12.3 Å². The van der Waals surface area contributed by atoms with Gasteiger partial charge in [-0.15, -0.1) is 0 Å². The summed E-state index contributed by atoms with van der Waals surface area (Å²) < 4.78 is 32.7. The molecule has 0 aliphatic carbocycles. The highest BCUT2D eigenvalue weighted by atomic mass is 35.5. The number of alkyl halides is 2. The Morgan fingerprint density at radius 2 is 1.75 bits per heavy atom. The molecule has 1 amide bonds. The van der Waals surface area contributed by atoms with E-state index in [0.717, 1.165) is 4.68 Å². The molecule has 3 rings (SSSR count). The maximum absolute atomic E-state index is 12.9. The summed E-state index contributed by atoms with van der Waals surface area (Å²) in [5, 5.41) is 4.49. The molecule has 0 spiro atoms. The number of nitrogens with one attached hydrogen (secondary N) is 2. The van der Waals surface area contributed by atoms with Crippen LogP contribution in [0.3, 0.4) is 0 Å². The zero-order valence-corrected chi connectivity index (χ0v) is 15.9. The van der Waals surface area contributed by atoms with Crippen molar-refractivity contribution in [1.82, 2.24) is 15.2 Å². The molecule has 0 fully saturated rings. The van der Waals surface area contributed by atoms with E-state index < -0.39 is 18.0 Å². The van der Waals surface area contributed by atoms with Crippen LogP contribution in [-0.2, 0) is 7.05 Å². The minimum Gasteiger partial charge on any atom is -0.457 e. The molecule has 3 aromatic rings. The predicted molar refractivity (Wildman–Crippen MR) is 102 cm³/mol. The Hall–Kier alpha value is -2.84. The number of amides is 1. The van der Waals surface area contributed by atoms with Crippen LogP contribution in [0.25, 0.3) is 0 Å². The van der Waals surface area contributed by atoms with Crippen LogP contribution in [0.2, 0.25) is 10.0 Å². The predicted octanol–water partition coefficient (Wildman–Crippen LogP) is 5.21. The van der Waals surface area contributed by atoms with Crippen molar-refractivity contribution in [3.8, 4) is 11.5 Å². The van der Waals surface area contributed by atoms with Crippen molar-refractivity contribution in [2.75, 3.05) is 5.43 Å². The smallest absolute Gasteiger partial charge is 0.282 e. The fraction of sp³-hybridized carbons (Fsp3) is 0.111. The molecule has 2 N–H and O–H groups in total. The van der Waals surface area contributed by atoms with Gasteiger partial charge >= 0.3 is 0 Å². The number of aryl methyl sites for hydroxylation is 1. The van der Waals surface area contributed by atoms with Gasteiger partial charge in [-0.1, -0.05) is 23.2 Å². The summed E-state index contributed by atoms with van der Waals surface area (Å²) in [5.74, 6) is 0.266. The Morgan fingerprint density at radius 3 is 2.36 bits per heavy atom. The van der Waals surface area contributed by atoms with Crippen molar-refractivity contribution in [2.24, 2.45) is 7.05 Å². The molecule has 0 saturated heterocycles. The molecule has 1 aromatic heterocycles. The number of hydrazine groups is 1. The van der Waals surface area contributed by atoms with Crippen LogP contribution in [0.5, 0.6) is 11.5 Å². The van der Waals surface area contributed by atoms with Gasteiger partial charge in [0.2, 0.25) is 0 Å². The molecular weight excluding hydrogens is 413 g/mol. The summed E-state index contributed by atoms with van der Waals surface area (Å²) in [4.78, 5) is 12.1. The fourth-order valence-electron chi connectivity index (χ4n) is 2.37. The van der Waals surface area contributed by atoms with Gasteiger partial charge in [-0.05, 0) is 42.5 Å². The molecule has 6 nitrogen and oxygen atoms in total. The van der Waals surface area contributed by atoms with Gasteiger partial charge in [-0.25, -0.2) is 8.78 Å². The number of rotatable bonds is 6. The van der Waals surface area contributed by atoms with E-state index in [1.807, 2.05) is 0 Å². The second-order valence-electron chi connectivity index (χ2n) is 5.71. The zero-order valence-electron chi connectivity index (χ0n) is 14.4. The minimum atomic E-state index is -2.85. The van der Waals surface area contributed by atoms with E-state index >= 15 is 0 Å². The first kappa shape index (κ1) is 19.9. The van der Waals surface area contributed by atoms with Crippen LogP contribution >= 0.6 is 23.2 Å². The average Bonchev–Trinajstić information content (AvgIpc) is 3.02. The summed E-state index contributed by atoms with van der Waals surface area (Å²) in [6, 6.07) is 11.4. The van der Waals surface area contributed by atoms with Crippen molar-refractivity contribution in [1.29, 1.82) is 0 Å². The molecule has 0 unspecified atom stereocenters. The van der Waals surface area contributed by atoms with Crippen LogP contribution in [-0.4, -0.2) is 15.7 Å². The number of ether oxygens (including phenoxy) is 1. The first-order chi connectivity index (χ1) is 13.3. The van der Waals surface area contributed by atoms with Crippen molar-refractivity contribution in [2.45, 2.75) is 6.43 Å². The molecule has 0 bridgehead atoms. The van der Waals surface area contributed by atoms with Crippen molar-refractivity contribution in [3.05, 3.63) is 70.0 Å². The van der Waals surface area contributed by atoms with Crippen LogP contribution in [0.4, 0.5) is 14.5 Å². The van der Waals surface area contributed by atoms with E-state index in [9.17, 15) is 13.6 Å². The van der Waals surface area contributed by atoms with Crippen LogP contribution in [0.15, 0.2) is 48.7 Å².